The summed E-state index contributed by atoms with van der Waals surface area (Å²) in [7, 11) is 0. The Morgan fingerprint density at radius 2 is 2.00 bits per heavy atom. The molecular weight excluding hydrogens is 346 g/mol. The van der Waals surface area contributed by atoms with Gasteiger partial charge in [-0.3, -0.25) is 15.0 Å². The summed E-state index contributed by atoms with van der Waals surface area (Å²) in [5.41, 5.74) is 2.45. The van der Waals surface area contributed by atoms with Crippen molar-refractivity contribution in [1.29, 1.82) is 0 Å². The number of nitrogens with zero attached hydrogens (tertiary/aromatic N) is 1. The van der Waals surface area contributed by atoms with Gasteiger partial charge in [-0.05, 0) is 34.9 Å². The van der Waals surface area contributed by atoms with Crippen LogP contribution in [0.3, 0.4) is 0 Å². The maximum absolute atomic E-state index is 12.3. The van der Waals surface area contributed by atoms with Crippen LogP contribution in [-0.4, -0.2) is 36.5 Å². The number of carbonyl (C=O) groups is 2. The van der Waals surface area contributed by atoms with Crippen LogP contribution < -0.4 is 10.6 Å². The third kappa shape index (κ3) is 4.14. The Hall–Kier alpha value is -2.18. The van der Waals surface area contributed by atoms with Crippen molar-refractivity contribution in [3.05, 3.63) is 57.8 Å². The fraction of sp³-hybridized carbons (Fsp3) is 0.400. The van der Waals surface area contributed by atoms with E-state index in [1.807, 2.05) is 11.4 Å². The summed E-state index contributed by atoms with van der Waals surface area (Å²) in [5.74, 6) is 0.338. The molecule has 2 aromatic rings. The van der Waals surface area contributed by atoms with E-state index in [-0.39, 0.29) is 24.5 Å². The summed E-state index contributed by atoms with van der Waals surface area (Å²) < 4.78 is 0. The molecule has 138 valence electrons. The minimum absolute atomic E-state index is 0.0596. The average Bonchev–Trinajstić information content (AvgIpc) is 3.33. The van der Waals surface area contributed by atoms with Gasteiger partial charge in [0.15, 0.2) is 0 Å². The first-order chi connectivity index (χ1) is 12.6. The number of thiophene rings is 1. The molecule has 26 heavy (non-hydrogen) atoms. The topological polar surface area (TPSA) is 61.4 Å². The number of benzene rings is 1. The molecule has 6 heteroatoms. The smallest absolute Gasteiger partial charge is 0.324 e. The van der Waals surface area contributed by atoms with E-state index in [4.69, 9.17) is 0 Å². The van der Waals surface area contributed by atoms with E-state index < -0.39 is 0 Å². The van der Waals surface area contributed by atoms with Crippen LogP contribution in [0.2, 0.25) is 0 Å². The van der Waals surface area contributed by atoms with Crippen LogP contribution in [0.4, 0.5) is 4.79 Å². The first-order valence-electron chi connectivity index (χ1n) is 9.05. The summed E-state index contributed by atoms with van der Waals surface area (Å²) in [6.45, 7) is 5.50. The average molecular weight is 372 g/mol. The molecule has 3 rings (SSSR count). The van der Waals surface area contributed by atoms with Crippen LogP contribution in [0.1, 0.15) is 48.2 Å². The Bertz CT molecular complexity index is 743. The molecule has 2 heterocycles. The highest BCUT2D eigenvalue weighted by molar-refractivity contribution is 7.10. The van der Waals surface area contributed by atoms with E-state index in [1.54, 1.807) is 11.3 Å². The molecule has 1 saturated heterocycles. The summed E-state index contributed by atoms with van der Waals surface area (Å²) in [5, 5.41) is 8.03. The lowest BCUT2D eigenvalue weighted by atomic mass is 9.95. The van der Waals surface area contributed by atoms with E-state index in [0.717, 1.165) is 16.9 Å². The number of hydrogen-bond donors (Lipinski definition) is 2. The first kappa shape index (κ1) is 18.6. The lowest BCUT2D eigenvalue weighted by molar-refractivity contribution is -0.126. The normalized spacial score (nSPS) is 16.4. The molecule has 0 saturated carbocycles. The van der Waals surface area contributed by atoms with Crippen molar-refractivity contribution in [2.45, 2.75) is 32.2 Å². The molecule has 0 bridgehead atoms. The van der Waals surface area contributed by atoms with Gasteiger partial charge in [-0.15, -0.1) is 11.3 Å². The van der Waals surface area contributed by atoms with Crippen LogP contribution in [0.25, 0.3) is 0 Å². The lowest BCUT2D eigenvalue weighted by Crippen LogP contribution is -2.41. The molecule has 0 unspecified atom stereocenters. The lowest BCUT2D eigenvalue weighted by Gasteiger charge is -2.20. The molecule has 0 radical (unpaired) electrons. The molecule has 5 nitrogen and oxygen atoms in total. The Morgan fingerprint density at radius 3 is 2.58 bits per heavy atom. The Kier molecular flexibility index (Phi) is 6.06. The highest BCUT2D eigenvalue weighted by Crippen LogP contribution is 2.28. The Labute approximate surface area is 158 Å². The van der Waals surface area contributed by atoms with Gasteiger partial charge in [0.1, 0.15) is 0 Å². The molecular formula is C20H25N3O2S. The fourth-order valence-electron chi connectivity index (χ4n) is 3.09. The predicted molar refractivity (Wildman–Crippen MR) is 104 cm³/mol. The number of imide groups is 1. The van der Waals surface area contributed by atoms with Crippen molar-refractivity contribution in [1.82, 2.24) is 15.5 Å². The van der Waals surface area contributed by atoms with Gasteiger partial charge < -0.3 is 5.32 Å². The molecule has 2 N–H and O–H groups in total. The second kappa shape index (κ2) is 8.47. The quantitative estimate of drug-likeness (QED) is 0.783. The number of rotatable bonds is 7. The predicted octanol–water partition coefficient (Wildman–Crippen LogP) is 3.49. The standard InChI is InChI=1S/C20H25N3O2S/c1-3-14(2)15-6-8-16(9-7-15)19(17-5-4-12-26-17)22-13-18(24)23-11-10-21-20(23)25/h4-9,12,14,19,22H,3,10-11,13H2,1-2H3,(H,21,25)/t14-,19+/m0/s1. The molecule has 1 aliphatic heterocycles. The number of amides is 3. The third-order valence-corrected chi connectivity index (χ3v) is 5.83. The third-order valence-electron chi connectivity index (χ3n) is 4.89. The van der Waals surface area contributed by atoms with E-state index in [0.29, 0.717) is 19.0 Å². The van der Waals surface area contributed by atoms with E-state index >= 15 is 0 Å². The summed E-state index contributed by atoms with van der Waals surface area (Å²) in [4.78, 5) is 26.4. The van der Waals surface area contributed by atoms with Gasteiger partial charge in [0.25, 0.3) is 0 Å². The van der Waals surface area contributed by atoms with Gasteiger partial charge in [-0.2, -0.15) is 0 Å². The van der Waals surface area contributed by atoms with Crippen LogP contribution in [0.5, 0.6) is 0 Å². The van der Waals surface area contributed by atoms with Crippen LogP contribution >= 0.6 is 11.3 Å². The van der Waals surface area contributed by atoms with Crippen LogP contribution in [0.15, 0.2) is 41.8 Å². The largest absolute Gasteiger partial charge is 0.336 e. The van der Waals surface area contributed by atoms with Gasteiger partial charge in [0.05, 0.1) is 12.6 Å². The minimum Gasteiger partial charge on any atom is -0.336 e. The highest BCUT2D eigenvalue weighted by Gasteiger charge is 2.26. The zero-order chi connectivity index (χ0) is 18.5. The van der Waals surface area contributed by atoms with Crippen molar-refractivity contribution in [2.75, 3.05) is 19.6 Å². The summed E-state index contributed by atoms with van der Waals surface area (Å²) >= 11 is 1.66. The zero-order valence-electron chi connectivity index (χ0n) is 15.2. The van der Waals surface area contributed by atoms with Crippen molar-refractivity contribution < 1.29 is 9.59 Å². The molecule has 1 aromatic carbocycles. The monoisotopic (exact) mass is 371 g/mol. The Balaban J connectivity index is 1.74. The number of carbonyl (C=O) groups excluding carboxylic acids is 2. The second-order valence-electron chi connectivity index (χ2n) is 6.58. The summed E-state index contributed by atoms with van der Waals surface area (Å²) in [6.07, 6.45) is 1.11. The summed E-state index contributed by atoms with van der Waals surface area (Å²) in [6, 6.07) is 12.3. The van der Waals surface area contributed by atoms with Gasteiger partial charge in [0.2, 0.25) is 5.91 Å². The SMILES string of the molecule is CC[C@H](C)c1ccc([C@@H](NCC(=O)N2CCNC2=O)c2cccs2)cc1. The van der Waals surface area contributed by atoms with E-state index in [2.05, 4.69) is 54.8 Å². The van der Waals surface area contributed by atoms with Gasteiger partial charge in [-0.1, -0.05) is 44.2 Å². The molecule has 1 aliphatic rings. The molecule has 0 spiro atoms. The van der Waals surface area contributed by atoms with Crippen LogP contribution in [-0.2, 0) is 4.79 Å². The molecule has 0 aliphatic carbocycles. The van der Waals surface area contributed by atoms with Gasteiger partial charge in [0, 0.05) is 18.0 Å². The van der Waals surface area contributed by atoms with E-state index in [1.165, 1.54) is 10.5 Å². The maximum Gasteiger partial charge on any atom is 0.324 e. The van der Waals surface area contributed by atoms with Crippen molar-refractivity contribution >= 4 is 23.3 Å². The van der Waals surface area contributed by atoms with Crippen molar-refractivity contribution in [2.24, 2.45) is 0 Å². The fourth-order valence-corrected chi connectivity index (χ4v) is 3.91. The van der Waals surface area contributed by atoms with Crippen molar-refractivity contribution in [3.63, 3.8) is 0 Å². The second-order valence-corrected chi connectivity index (χ2v) is 7.56. The number of hydrogen-bond acceptors (Lipinski definition) is 4. The van der Waals surface area contributed by atoms with E-state index in [9.17, 15) is 9.59 Å². The molecule has 2 atom stereocenters. The maximum atomic E-state index is 12.3. The number of nitrogens with one attached hydrogen (secondary N) is 2. The first-order valence-corrected chi connectivity index (χ1v) is 9.93. The van der Waals surface area contributed by atoms with Gasteiger partial charge in [-0.25, -0.2) is 4.79 Å². The van der Waals surface area contributed by atoms with Gasteiger partial charge >= 0.3 is 6.03 Å². The zero-order valence-corrected chi connectivity index (χ0v) is 16.0. The molecule has 1 fully saturated rings. The van der Waals surface area contributed by atoms with Crippen LogP contribution in [0, 0.1) is 0 Å². The number of urea groups is 1. The molecule has 3 amide bonds. The molecule has 1 aromatic heterocycles. The minimum atomic E-state index is -0.303. The Morgan fingerprint density at radius 1 is 1.27 bits per heavy atom. The highest BCUT2D eigenvalue weighted by atomic mass is 32.1. The van der Waals surface area contributed by atoms with Crippen molar-refractivity contribution in [3.8, 4) is 0 Å².